The SMILES string of the molecule is CN(C)C(=O)CCCOc1cccc([N+](=O)[O-])c1C(=O)O. The van der Waals surface area contributed by atoms with E-state index < -0.39 is 22.1 Å². The van der Waals surface area contributed by atoms with Crippen LogP contribution < -0.4 is 4.74 Å². The maximum atomic E-state index is 11.4. The van der Waals surface area contributed by atoms with Crippen molar-refractivity contribution in [3.8, 4) is 5.75 Å². The van der Waals surface area contributed by atoms with E-state index in [-0.39, 0.29) is 24.7 Å². The van der Waals surface area contributed by atoms with Crippen LogP contribution in [-0.2, 0) is 4.79 Å². The lowest BCUT2D eigenvalue weighted by Crippen LogP contribution is -2.21. The maximum Gasteiger partial charge on any atom is 0.346 e. The maximum absolute atomic E-state index is 11.4. The molecule has 0 spiro atoms. The van der Waals surface area contributed by atoms with E-state index in [1.165, 1.54) is 17.0 Å². The van der Waals surface area contributed by atoms with Crippen LogP contribution in [0.3, 0.4) is 0 Å². The van der Waals surface area contributed by atoms with Gasteiger partial charge in [-0.05, 0) is 12.5 Å². The van der Waals surface area contributed by atoms with Gasteiger partial charge in [-0.2, -0.15) is 0 Å². The molecule has 0 aliphatic heterocycles. The minimum Gasteiger partial charge on any atom is -0.492 e. The van der Waals surface area contributed by atoms with Gasteiger partial charge in [0.05, 0.1) is 11.5 Å². The number of nitro benzene ring substituents is 1. The number of aromatic carboxylic acids is 1. The smallest absolute Gasteiger partial charge is 0.346 e. The van der Waals surface area contributed by atoms with Gasteiger partial charge in [-0.1, -0.05) is 6.07 Å². The Kier molecular flexibility index (Phi) is 5.65. The normalized spacial score (nSPS) is 10.0. The van der Waals surface area contributed by atoms with Gasteiger partial charge < -0.3 is 14.7 Å². The first-order chi connectivity index (χ1) is 9.84. The summed E-state index contributed by atoms with van der Waals surface area (Å²) in [6.45, 7) is 0.0982. The predicted molar refractivity (Wildman–Crippen MR) is 73.5 cm³/mol. The number of hydrogen-bond acceptors (Lipinski definition) is 5. The number of carboxylic acids is 1. The molecule has 1 amide bonds. The van der Waals surface area contributed by atoms with Crippen molar-refractivity contribution in [1.29, 1.82) is 0 Å². The summed E-state index contributed by atoms with van der Waals surface area (Å²) in [6, 6.07) is 3.81. The van der Waals surface area contributed by atoms with Crippen molar-refractivity contribution in [1.82, 2.24) is 4.90 Å². The van der Waals surface area contributed by atoms with Gasteiger partial charge in [0, 0.05) is 26.6 Å². The molecule has 1 aromatic rings. The molecule has 1 rings (SSSR count). The molecule has 1 N–H and O–H groups in total. The third-order valence-corrected chi connectivity index (χ3v) is 2.71. The number of nitro groups is 1. The zero-order valence-corrected chi connectivity index (χ0v) is 11.7. The highest BCUT2D eigenvalue weighted by atomic mass is 16.6. The van der Waals surface area contributed by atoms with Crippen LogP contribution in [0.15, 0.2) is 18.2 Å². The molecule has 0 radical (unpaired) electrons. The van der Waals surface area contributed by atoms with Crippen LogP contribution in [0.5, 0.6) is 5.75 Å². The summed E-state index contributed by atoms with van der Waals surface area (Å²) in [4.78, 5) is 34.0. The molecule has 0 fully saturated rings. The molecule has 0 aliphatic rings. The largest absolute Gasteiger partial charge is 0.492 e. The van der Waals surface area contributed by atoms with Gasteiger partial charge in [0.25, 0.3) is 5.69 Å². The summed E-state index contributed by atoms with van der Waals surface area (Å²) >= 11 is 0. The molecule has 1 aromatic carbocycles. The lowest BCUT2D eigenvalue weighted by molar-refractivity contribution is -0.385. The van der Waals surface area contributed by atoms with E-state index in [0.29, 0.717) is 6.42 Å². The number of benzene rings is 1. The van der Waals surface area contributed by atoms with Crippen LogP contribution in [-0.4, -0.2) is 47.5 Å². The van der Waals surface area contributed by atoms with E-state index >= 15 is 0 Å². The topological polar surface area (TPSA) is 110 Å². The summed E-state index contributed by atoms with van der Waals surface area (Å²) in [5, 5.41) is 19.9. The third-order valence-electron chi connectivity index (χ3n) is 2.71. The fourth-order valence-corrected chi connectivity index (χ4v) is 1.64. The van der Waals surface area contributed by atoms with Gasteiger partial charge >= 0.3 is 5.97 Å². The Hall–Kier alpha value is -2.64. The Morgan fingerprint density at radius 1 is 1.38 bits per heavy atom. The molecule has 114 valence electrons. The number of carbonyl (C=O) groups is 2. The van der Waals surface area contributed by atoms with Crippen LogP contribution in [0.1, 0.15) is 23.2 Å². The summed E-state index contributed by atoms with van der Waals surface area (Å²) < 4.78 is 5.26. The summed E-state index contributed by atoms with van der Waals surface area (Å²) in [7, 11) is 3.26. The Labute approximate surface area is 121 Å². The molecule has 0 aromatic heterocycles. The summed E-state index contributed by atoms with van der Waals surface area (Å²) in [5.74, 6) is -1.58. The number of carboxylic acid groups (broad SMARTS) is 1. The lowest BCUT2D eigenvalue weighted by atomic mass is 10.1. The number of rotatable bonds is 7. The average molecular weight is 296 g/mol. The third kappa shape index (κ3) is 4.44. The van der Waals surface area contributed by atoms with Crippen molar-refractivity contribution < 1.29 is 24.4 Å². The molecule has 0 aliphatic carbocycles. The highest BCUT2D eigenvalue weighted by Crippen LogP contribution is 2.28. The molecular formula is C13H16N2O6. The monoisotopic (exact) mass is 296 g/mol. The zero-order chi connectivity index (χ0) is 16.0. The quantitative estimate of drug-likeness (QED) is 0.464. The fourth-order valence-electron chi connectivity index (χ4n) is 1.64. The Bertz CT molecular complexity index is 556. The van der Waals surface area contributed by atoms with Crippen molar-refractivity contribution in [3.05, 3.63) is 33.9 Å². The molecule has 21 heavy (non-hydrogen) atoms. The van der Waals surface area contributed by atoms with Crippen molar-refractivity contribution in [3.63, 3.8) is 0 Å². The van der Waals surface area contributed by atoms with E-state index in [1.54, 1.807) is 14.1 Å². The standard InChI is InChI=1S/C13H16N2O6/c1-14(2)11(16)7-4-8-21-10-6-3-5-9(15(19)20)12(10)13(17)18/h3,5-6H,4,7-8H2,1-2H3,(H,17,18). The van der Waals surface area contributed by atoms with E-state index in [4.69, 9.17) is 9.84 Å². The first-order valence-electron chi connectivity index (χ1n) is 6.18. The molecule has 8 heteroatoms. The molecule has 0 saturated carbocycles. The Balaban J connectivity index is 2.75. The van der Waals surface area contributed by atoms with E-state index in [0.717, 1.165) is 6.07 Å². The molecular weight excluding hydrogens is 280 g/mol. The van der Waals surface area contributed by atoms with Crippen molar-refractivity contribution in [2.45, 2.75) is 12.8 Å². The predicted octanol–water partition coefficient (Wildman–Crippen LogP) is 1.54. The van der Waals surface area contributed by atoms with Gasteiger partial charge in [-0.15, -0.1) is 0 Å². The highest BCUT2D eigenvalue weighted by molar-refractivity contribution is 5.95. The second-order valence-corrected chi connectivity index (χ2v) is 4.45. The van der Waals surface area contributed by atoms with Crippen molar-refractivity contribution in [2.75, 3.05) is 20.7 Å². The summed E-state index contributed by atoms with van der Waals surface area (Å²) in [5.41, 5.74) is -1.01. The van der Waals surface area contributed by atoms with Crippen LogP contribution in [0.25, 0.3) is 0 Å². The Morgan fingerprint density at radius 2 is 2.05 bits per heavy atom. The van der Waals surface area contributed by atoms with E-state index in [2.05, 4.69) is 0 Å². The Morgan fingerprint density at radius 3 is 2.57 bits per heavy atom. The van der Waals surface area contributed by atoms with Crippen LogP contribution in [0, 0.1) is 10.1 Å². The number of amides is 1. The van der Waals surface area contributed by atoms with Crippen LogP contribution in [0.2, 0.25) is 0 Å². The average Bonchev–Trinajstić information content (AvgIpc) is 2.42. The van der Waals surface area contributed by atoms with Gasteiger partial charge in [0.1, 0.15) is 5.75 Å². The molecule has 0 bridgehead atoms. The van der Waals surface area contributed by atoms with Gasteiger partial charge in [0.15, 0.2) is 5.56 Å². The lowest BCUT2D eigenvalue weighted by Gasteiger charge is -2.11. The molecule has 0 atom stereocenters. The minimum atomic E-state index is -1.43. The number of hydrogen-bond donors (Lipinski definition) is 1. The minimum absolute atomic E-state index is 0.0731. The summed E-state index contributed by atoms with van der Waals surface area (Å²) in [6.07, 6.45) is 0.642. The molecule has 0 heterocycles. The number of ether oxygens (including phenoxy) is 1. The number of carbonyl (C=O) groups excluding carboxylic acids is 1. The van der Waals surface area contributed by atoms with E-state index in [9.17, 15) is 19.7 Å². The molecule has 8 nitrogen and oxygen atoms in total. The number of nitrogens with zero attached hydrogens (tertiary/aromatic N) is 2. The van der Waals surface area contributed by atoms with Crippen LogP contribution >= 0.6 is 0 Å². The van der Waals surface area contributed by atoms with Gasteiger partial charge in [0.2, 0.25) is 5.91 Å². The van der Waals surface area contributed by atoms with Crippen molar-refractivity contribution >= 4 is 17.6 Å². The van der Waals surface area contributed by atoms with Gasteiger partial charge in [-0.3, -0.25) is 14.9 Å². The van der Waals surface area contributed by atoms with Crippen molar-refractivity contribution in [2.24, 2.45) is 0 Å². The highest BCUT2D eigenvalue weighted by Gasteiger charge is 2.24. The van der Waals surface area contributed by atoms with Crippen LogP contribution in [0.4, 0.5) is 5.69 Å². The first-order valence-corrected chi connectivity index (χ1v) is 6.18. The zero-order valence-electron chi connectivity index (χ0n) is 11.7. The second kappa shape index (κ2) is 7.22. The molecule has 0 saturated heterocycles. The van der Waals surface area contributed by atoms with E-state index in [1.807, 2.05) is 0 Å². The second-order valence-electron chi connectivity index (χ2n) is 4.45. The van der Waals surface area contributed by atoms with Gasteiger partial charge in [-0.25, -0.2) is 4.79 Å². The molecule has 0 unspecified atom stereocenters. The first kappa shape index (κ1) is 16.4. The fraction of sp³-hybridized carbons (Fsp3) is 0.385.